The molecular weight excluding hydrogens is 252 g/mol. The van der Waals surface area contributed by atoms with Gasteiger partial charge in [0.15, 0.2) is 0 Å². The number of aromatic nitrogens is 1. The number of nitrogens with zero attached hydrogens (tertiary/aromatic N) is 1. The predicted molar refractivity (Wildman–Crippen MR) is 55.0 cm³/mol. The molecule has 3 nitrogen and oxygen atoms in total. The molecule has 0 spiro atoms. The first kappa shape index (κ1) is 13.2. The molecule has 2 rings (SSSR count). The van der Waals surface area contributed by atoms with Gasteiger partial charge in [-0.25, -0.2) is 4.39 Å². The summed E-state index contributed by atoms with van der Waals surface area (Å²) < 4.78 is 52.8. The summed E-state index contributed by atoms with van der Waals surface area (Å²) in [6.07, 6.45) is -3.91. The molecule has 0 unspecified atom stereocenters. The van der Waals surface area contributed by atoms with Crippen LogP contribution in [-0.4, -0.2) is 17.5 Å². The summed E-state index contributed by atoms with van der Waals surface area (Å²) in [7, 11) is 0. The minimum Gasteiger partial charge on any atom is -0.326 e. The van der Waals surface area contributed by atoms with Gasteiger partial charge in [-0.05, 0) is 18.9 Å². The maximum absolute atomic E-state index is 13.1. The van der Waals surface area contributed by atoms with Gasteiger partial charge in [0.2, 0.25) is 0 Å². The number of rotatable bonds is 3. The Kier molecular flexibility index (Phi) is 3.54. The van der Waals surface area contributed by atoms with E-state index in [-0.39, 0.29) is 25.3 Å². The second-order valence-electron chi connectivity index (χ2n) is 4.26. The first-order valence-electron chi connectivity index (χ1n) is 5.48. The molecule has 1 aromatic heterocycles. The zero-order valence-electron chi connectivity index (χ0n) is 9.38. The highest BCUT2D eigenvalue weighted by Gasteiger charge is 2.41. The van der Waals surface area contributed by atoms with Gasteiger partial charge in [0.1, 0.15) is 5.82 Å². The highest BCUT2D eigenvalue weighted by molar-refractivity contribution is 5.22. The Balaban J connectivity index is 1.96. The fourth-order valence-corrected chi connectivity index (χ4v) is 1.97. The van der Waals surface area contributed by atoms with Crippen LogP contribution in [0.25, 0.3) is 0 Å². The van der Waals surface area contributed by atoms with Crippen LogP contribution in [0.1, 0.15) is 30.0 Å². The summed E-state index contributed by atoms with van der Waals surface area (Å²) in [5, 5.41) is 0. The molecule has 0 amide bonds. The third-order valence-corrected chi connectivity index (χ3v) is 2.99. The van der Waals surface area contributed by atoms with Crippen molar-refractivity contribution in [3.63, 3.8) is 0 Å². The minimum atomic E-state index is -4.60. The van der Waals surface area contributed by atoms with E-state index in [2.05, 4.69) is 9.72 Å². The van der Waals surface area contributed by atoms with Gasteiger partial charge in [-0.2, -0.15) is 0 Å². The molecule has 0 aromatic carbocycles. The van der Waals surface area contributed by atoms with E-state index in [9.17, 15) is 17.6 Å². The number of nitrogens with two attached hydrogens (primary N) is 1. The van der Waals surface area contributed by atoms with Crippen molar-refractivity contribution in [1.29, 1.82) is 0 Å². The van der Waals surface area contributed by atoms with Crippen LogP contribution in [0.5, 0.6) is 0 Å². The van der Waals surface area contributed by atoms with Crippen LogP contribution >= 0.6 is 0 Å². The Morgan fingerprint density at radius 2 is 2.06 bits per heavy atom. The number of ether oxygens (including phenoxy) is 1. The second-order valence-corrected chi connectivity index (χ2v) is 4.26. The number of hydrogen-bond acceptors (Lipinski definition) is 3. The topological polar surface area (TPSA) is 48.1 Å². The van der Waals surface area contributed by atoms with E-state index in [0.29, 0.717) is 11.3 Å². The van der Waals surface area contributed by atoms with Crippen molar-refractivity contribution in [2.75, 3.05) is 0 Å². The molecule has 18 heavy (non-hydrogen) atoms. The Morgan fingerprint density at radius 1 is 1.39 bits per heavy atom. The molecule has 0 saturated heterocycles. The van der Waals surface area contributed by atoms with Crippen molar-refractivity contribution in [3.8, 4) is 0 Å². The fourth-order valence-electron chi connectivity index (χ4n) is 1.97. The van der Waals surface area contributed by atoms with Crippen molar-refractivity contribution in [3.05, 3.63) is 29.3 Å². The van der Waals surface area contributed by atoms with Gasteiger partial charge in [0.05, 0.1) is 12.3 Å². The molecular formula is C11H12F4N2O. The van der Waals surface area contributed by atoms with Crippen LogP contribution in [0, 0.1) is 5.82 Å². The molecule has 1 aliphatic carbocycles. The summed E-state index contributed by atoms with van der Waals surface area (Å²) in [5.74, 6) is -0.619. The maximum atomic E-state index is 13.1. The predicted octanol–water partition coefficient (Wildman–Crippen LogP) is 2.46. The third-order valence-electron chi connectivity index (χ3n) is 2.99. The molecule has 100 valence electrons. The van der Waals surface area contributed by atoms with Crippen molar-refractivity contribution in [1.82, 2.24) is 4.98 Å². The van der Waals surface area contributed by atoms with Crippen molar-refractivity contribution in [2.45, 2.75) is 37.8 Å². The van der Waals surface area contributed by atoms with Crippen molar-refractivity contribution >= 4 is 0 Å². The number of halogens is 4. The molecule has 1 heterocycles. The first-order chi connectivity index (χ1) is 8.39. The van der Waals surface area contributed by atoms with Gasteiger partial charge in [0, 0.05) is 23.7 Å². The van der Waals surface area contributed by atoms with Crippen LogP contribution in [0.3, 0.4) is 0 Å². The van der Waals surface area contributed by atoms with Gasteiger partial charge in [-0.1, -0.05) is 0 Å². The van der Waals surface area contributed by atoms with E-state index < -0.39 is 18.3 Å². The number of alkyl halides is 3. The van der Waals surface area contributed by atoms with Gasteiger partial charge >= 0.3 is 6.36 Å². The van der Waals surface area contributed by atoms with Crippen LogP contribution in [0.2, 0.25) is 0 Å². The van der Waals surface area contributed by atoms with E-state index in [1.807, 2.05) is 0 Å². The fraction of sp³-hybridized carbons (Fsp3) is 0.545. The smallest absolute Gasteiger partial charge is 0.326 e. The summed E-state index contributed by atoms with van der Waals surface area (Å²) >= 11 is 0. The molecule has 0 aliphatic heterocycles. The second kappa shape index (κ2) is 4.81. The van der Waals surface area contributed by atoms with E-state index in [1.54, 1.807) is 0 Å². The number of pyridine rings is 1. The molecule has 1 aliphatic rings. The lowest BCUT2D eigenvalue weighted by atomic mass is 9.79. The summed E-state index contributed by atoms with van der Waals surface area (Å²) in [5.41, 5.74) is 6.24. The lowest BCUT2D eigenvalue weighted by Crippen LogP contribution is -2.35. The van der Waals surface area contributed by atoms with E-state index in [0.717, 1.165) is 6.20 Å². The summed E-state index contributed by atoms with van der Waals surface area (Å²) in [4.78, 5) is 3.87. The lowest BCUT2D eigenvalue weighted by molar-refractivity contribution is -0.351. The van der Waals surface area contributed by atoms with Crippen molar-refractivity contribution in [2.24, 2.45) is 5.73 Å². The summed E-state index contributed by atoms with van der Waals surface area (Å²) in [6, 6.07) is 1.50. The van der Waals surface area contributed by atoms with Crippen LogP contribution in [0.4, 0.5) is 17.6 Å². The zero-order valence-corrected chi connectivity index (χ0v) is 9.38. The van der Waals surface area contributed by atoms with Crippen LogP contribution < -0.4 is 5.73 Å². The zero-order chi connectivity index (χ0) is 13.3. The highest BCUT2D eigenvalue weighted by Crippen LogP contribution is 2.40. The Hall–Kier alpha value is -1.21. The monoisotopic (exact) mass is 264 g/mol. The Bertz CT molecular complexity index is 430. The normalized spacial score (nSPS) is 23.8. The Labute approximate surface area is 101 Å². The largest absolute Gasteiger partial charge is 0.522 e. The SMILES string of the molecule is NCc1cc(C2CC(OC(F)(F)F)C2)ncc1F. The van der Waals surface area contributed by atoms with Crippen LogP contribution in [-0.2, 0) is 11.3 Å². The van der Waals surface area contributed by atoms with Gasteiger partial charge in [-0.15, -0.1) is 13.2 Å². The first-order valence-corrected chi connectivity index (χ1v) is 5.48. The average Bonchev–Trinajstić information content (AvgIpc) is 2.23. The van der Waals surface area contributed by atoms with E-state index >= 15 is 0 Å². The van der Waals surface area contributed by atoms with Gasteiger partial charge in [0.25, 0.3) is 0 Å². The molecule has 1 aromatic rings. The Morgan fingerprint density at radius 3 is 2.61 bits per heavy atom. The minimum absolute atomic E-state index is 0.0382. The standard InChI is InChI=1S/C11H12F4N2O/c12-9-5-17-10(3-7(9)4-16)6-1-8(2-6)18-11(13,14)15/h3,5-6,8H,1-2,4,16H2. The molecule has 1 saturated carbocycles. The van der Waals surface area contributed by atoms with Crippen LogP contribution in [0.15, 0.2) is 12.3 Å². The molecule has 0 radical (unpaired) electrons. The maximum Gasteiger partial charge on any atom is 0.522 e. The van der Waals surface area contributed by atoms with Gasteiger partial charge in [-0.3, -0.25) is 9.72 Å². The van der Waals surface area contributed by atoms with Crippen molar-refractivity contribution < 1.29 is 22.3 Å². The lowest BCUT2D eigenvalue weighted by Gasteiger charge is -2.35. The highest BCUT2D eigenvalue weighted by atomic mass is 19.4. The quantitative estimate of drug-likeness (QED) is 0.853. The average molecular weight is 264 g/mol. The van der Waals surface area contributed by atoms with E-state index in [1.165, 1.54) is 6.07 Å². The van der Waals surface area contributed by atoms with E-state index in [4.69, 9.17) is 5.73 Å². The molecule has 2 N–H and O–H groups in total. The molecule has 0 atom stereocenters. The molecule has 1 fully saturated rings. The molecule has 0 bridgehead atoms. The number of hydrogen-bond donors (Lipinski definition) is 1. The summed E-state index contributed by atoms with van der Waals surface area (Å²) in [6.45, 7) is 0.0382. The van der Waals surface area contributed by atoms with Gasteiger partial charge < -0.3 is 5.73 Å². The third kappa shape index (κ3) is 2.97. The molecule has 7 heteroatoms.